The third-order valence-corrected chi connectivity index (χ3v) is 3.57. The highest BCUT2D eigenvalue weighted by atomic mass is 35.5. The van der Waals surface area contributed by atoms with Gasteiger partial charge < -0.3 is 4.74 Å². The molecule has 0 fully saturated rings. The zero-order valence-corrected chi connectivity index (χ0v) is 13.1. The summed E-state index contributed by atoms with van der Waals surface area (Å²) in [6.07, 6.45) is 0. The molecule has 3 rings (SSSR count). The molecule has 1 heterocycles. The lowest BCUT2D eigenvalue weighted by molar-refractivity contribution is 0.0600. The Morgan fingerprint density at radius 3 is 2.83 bits per heavy atom. The van der Waals surface area contributed by atoms with Crippen LogP contribution in [0.15, 0.2) is 48.5 Å². The number of aromatic nitrogens is 4. The van der Waals surface area contributed by atoms with Crippen LogP contribution >= 0.6 is 11.6 Å². The van der Waals surface area contributed by atoms with Crippen LogP contribution in [0.2, 0.25) is 5.02 Å². The van der Waals surface area contributed by atoms with Crippen LogP contribution in [-0.2, 0) is 11.3 Å². The van der Waals surface area contributed by atoms with E-state index in [1.165, 1.54) is 11.9 Å². The fourth-order valence-corrected chi connectivity index (χ4v) is 2.36. The molecule has 0 unspecified atom stereocenters. The molecule has 2 aromatic carbocycles. The van der Waals surface area contributed by atoms with Gasteiger partial charge in [0.1, 0.15) is 0 Å². The Morgan fingerprint density at radius 2 is 2.04 bits per heavy atom. The number of nitrogens with zero attached hydrogens (tertiary/aromatic N) is 4. The Labute approximate surface area is 137 Å². The first-order chi connectivity index (χ1) is 11.2. The molecule has 0 bridgehead atoms. The fraction of sp³-hybridized carbons (Fsp3) is 0.125. The zero-order chi connectivity index (χ0) is 16.2. The lowest BCUT2D eigenvalue weighted by Gasteiger charge is -2.03. The number of carbonyl (C=O) groups excluding carboxylic acids is 1. The number of tetrazole rings is 1. The molecule has 0 saturated carbocycles. The van der Waals surface area contributed by atoms with Crippen molar-refractivity contribution in [3.05, 3.63) is 64.7 Å². The van der Waals surface area contributed by atoms with Gasteiger partial charge in [-0.2, -0.15) is 4.80 Å². The van der Waals surface area contributed by atoms with E-state index in [0.29, 0.717) is 23.0 Å². The van der Waals surface area contributed by atoms with E-state index in [1.807, 2.05) is 24.3 Å². The molecule has 0 aliphatic rings. The summed E-state index contributed by atoms with van der Waals surface area (Å²) in [5.74, 6) is 0.0786. The highest BCUT2D eigenvalue weighted by molar-refractivity contribution is 6.33. The van der Waals surface area contributed by atoms with Gasteiger partial charge in [-0.25, -0.2) is 4.79 Å². The number of carbonyl (C=O) groups is 1. The molecular formula is C16H13ClN4O2. The third-order valence-electron chi connectivity index (χ3n) is 3.24. The van der Waals surface area contributed by atoms with Crippen LogP contribution in [0.5, 0.6) is 0 Å². The van der Waals surface area contributed by atoms with Gasteiger partial charge >= 0.3 is 5.97 Å². The Hall–Kier alpha value is -2.73. The maximum atomic E-state index is 11.6. The molecule has 7 heteroatoms. The molecular weight excluding hydrogens is 316 g/mol. The SMILES string of the molecule is COC(=O)c1cccc(Cn2nnc(-c3ccccc3Cl)n2)c1. The second kappa shape index (κ2) is 6.58. The van der Waals surface area contributed by atoms with E-state index in [4.69, 9.17) is 16.3 Å². The van der Waals surface area contributed by atoms with Crippen molar-refractivity contribution in [2.75, 3.05) is 7.11 Å². The van der Waals surface area contributed by atoms with Crippen molar-refractivity contribution in [3.63, 3.8) is 0 Å². The smallest absolute Gasteiger partial charge is 0.337 e. The van der Waals surface area contributed by atoms with E-state index < -0.39 is 0 Å². The Bertz CT molecular complexity index is 847. The molecule has 6 nitrogen and oxygen atoms in total. The molecule has 0 aliphatic heterocycles. The Kier molecular flexibility index (Phi) is 4.34. The number of methoxy groups -OCH3 is 1. The van der Waals surface area contributed by atoms with E-state index in [-0.39, 0.29) is 5.97 Å². The number of halogens is 1. The van der Waals surface area contributed by atoms with E-state index >= 15 is 0 Å². The molecule has 116 valence electrons. The van der Waals surface area contributed by atoms with Crippen LogP contribution in [0.1, 0.15) is 15.9 Å². The van der Waals surface area contributed by atoms with Gasteiger partial charge in [-0.05, 0) is 35.0 Å². The van der Waals surface area contributed by atoms with Crippen LogP contribution in [0.3, 0.4) is 0 Å². The van der Waals surface area contributed by atoms with E-state index in [2.05, 4.69) is 15.4 Å². The predicted molar refractivity (Wildman–Crippen MR) is 85.1 cm³/mol. The van der Waals surface area contributed by atoms with E-state index in [9.17, 15) is 4.79 Å². The normalized spacial score (nSPS) is 10.5. The summed E-state index contributed by atoms with van der Waals surface area (Å²) < 4.78 is 4.71. The average molecular weight is 329 g/mol. The standard InChI is InChI=1S/C16H13ClN4O2/c1-23-16(22)12-6-4-5-11(9-12)10-21-19-15(18-20-21)13-7-2-3-8-14(13)17/h2-9H,10H2,1H3. The molecule has 0 amide bonds. The van der Waals surface area contributed by atoms with Crippen molar-refractivity contribution in [3.8, 4) is 11.4 Å². The lowest BCUT2D eigenvalue weighted by atomic mass is 10.1. The van der Waals surface area contributed by atoms with Crippen LogP contribution in [0.4, 0.5) is 0 Å². The first kappa shape index (κ1) is 15.2. The van der Waals surface area contributed by atoms with Crippen molar-refractivity contribution < 1.29 is 9.53 Å². The summed E-state index contributed by atoms with van der Waals surface area (Å²) >= 11 is 6.13. The number of hydrogen-bond donors (Lipinski definition) is 0. The molecule has 0 atom stereocenters. The largest absolute Gasteiger partial charge is 0.465 e. The average Bonchev–Trinajstić information content (AvgIpc) is 3.03. The van der Waals surface area contributed by atoms with Crippen molar-refractivity contribution in [1.29, 1.82) is 0 Å². The van der Waals surface area contributed by atoms with Crippen LogP contribution < -0.4 is 0 Å². The van der Waals surface area contributed by atoms with Crippen LogP contribution in [0.25, 0.3) is 11.4 Å². The van der Waals surface area contributed by atoms with Gasteiger partial charge in [0.15, 0.2) is 0 Å². The highest BCUT2D eigenvalue weighted by Crippen LogP contribution is 2.23. The monoisotopic (exact) mass is 328 g/mol. The third kappa shape index (κ3) is 3.37. The summed E-state index contributed by atoms with van der Waals surface area (Å²) in [6.45, 7) is 0.391. The predicted octanol–water partition coefficient (Wildman–Crippen LogP) is 2.83. The first-order valence-corrected chi connectivity index (χ1v) is 7.25. The summed E-state index contributed by atoms with van der Waals surface area (Å²) in [5, 5.41) is 12.9. The molecule has 0 aliphatic carbocycles. The number of ether oxygens (including phenoxy) is 1. The number of hydrogen-bond acceptors (Lipinski definition) is 5. The molecule has 23 heavy (non-hydrogen) atoms. The molecule has 1 aromatic heterocycles. The van der Waals surface area contributed by atoms with E-state index in [0.717, 1.165) is 11.1 Å². The van der Waals surface area contributed by atoms with Gasteiger partial charge in [0, 0.05) is 5.56 Å². The van der Waals surface area contributed by atoms with Crippen LogP contribution in [0, 0.1) is 0 Å². The topological polar surface area (TPSA) is 69.9 Å². The van der Waals surface area contributed by atoms with Gasteiger partial charge in [-0.1, -0.05) is 35.9 Å². The van der Waals surface area contributed by atoms with Crippen molar-refractivity contribution in [2.45, 2.75) is 6.54 Å². The first-order valence-electron chi connectivity index (χ1n) is 6.87. The Balaban J connectivity index is 1.82. The molecule has 3 aromatic rings. The minimum atomic E-state index is -0.379. The minimum Gasteiger partial charge on any atom is -0.465 e. The number of rotatable bonds is 4. The highest BCUT2D eigenvalue weighted by Gasteiger charge is 2.10. The maximum Gasteiger partial charge on any atom is 0.337 e. The van der Waals surface area contributed by atoms with Gasteiger partial charge in [0.25, 0.3) is 0 Å². The number of benzene rings is 2. The minimum absolute atomic E-state index is 0.379. The fourth-order valence-electron chi connectivity index (χ4n) is 2.14. The summed E-state index contributed by atoms with van der Waals surface area (Å²) in [5.41, 5.74) is 2.08. The van der Waals surface area contributed by atoms with Gasteiger partial charge in [-0.15, -0.1) is 10.2 Å². The molecule has 0 saturated heterocycles. The maximum absolute atomic E-state index is 11.6. The molecule has 0 N–H and O–H groups in total. The summed E-state index contributed by atoms with van der Waals surface area (Å²) in [4.78, 5) is 13.0. The van der Waals surface area contributed by atoms with Crippen molar-refractivity contribution in [2.24, 2.45) is 0 Å². The Morgan fingerprint density at radius 1 is 1.22 bits per heavy atom. The molecule has 0 spiro atoms. The lowest BCUT2D eigenvalue weighted by Crippen LogP contribution is -2.06. The van der Waals surface area contributed by atoms with Crippen molar-refractivity contribution >= 4 is 17.6 Å². The quantitative estimate of drug-likeness (QED) is 0.689. The second-order valence-corrected chi connectivity index (χ2v) is 5.22. The van der Waals surface area contributed by atoms with E-state index in [1.54, 1.807) is 24.3 Å². The van der Waals surface area contributed by atoms with Gasteiger partial charge in [0.2, 0.25) is 5.82 Å². The second-order valence-electron chi connectivity index (χ2n) is 4.82. The van der Waals surface area contributed by atoms with Crippen LogP contribution in [-0.4, -0.2) is 33.3 Å². The summed E-state index contributed by atoms with van der Waals surface area (Å²) in [7, 11) is 1.35. The summed E-state index contributed by atoms with van der Waals surface area (Å²) in [6, 6.07) is 14.4. The molecule has 0 radical (unpaired) electrons. The zero-order valence-electron chi connectivity index (χ0n) is 12.3. The van der Waals surface area contributed by atoms with Gasteiger partial charge in [-0.3, -0.25) is 0 Å². The number of esters is 1. The van der Waals surface area contributed by atoms with Gasteiger partial charge in [0.05, 0.1) is 24.2 Å². The van der Waals surface area contributed by atoms with Crippen molar-refractivity contribution in [1.82, 2.24) is 20.2 Å².